The molecule has 1 amide bonds. The maximum Gasteiger partial charge on any atom is 0.573 e. The molecular weight excluding hydrogens is 486 g/mol. The number of pyridine rings is 1. The summed E-state index contributed by atoms with van der Waals surface area (Å²) in [6, 6.07) is 12.1. The molecule has 3 aromatic rings. The fourth-order valence-electron chi connectivity index (χ4n) is 3.32. The standard InChI is InChI=1S/C17H17N3O4.C7H4F4O/c1-18-13-9-10(4-5-11(13)17(22)23)16(21)20-12-6-8-24-14-3-2-7-19-15(12)14;8-5-3-1-2-4-6(5)12-7(9,10)11/h2-5,7,9,12,18H,6,8H2,1H3,(H,20,21)(H,22,23);1-4H. The zero-order valence-corrected chi connectivity index (χ0v) is 18.8. The molecular formula is C24H21F4N3O5. The maximum atomic E-state index is 12.5. The van der Waals surface area contributed by atoms with Crippen LogP contribution in [0.5, 0.6) is 11.5 Å². The molecule has 8 nitrogen and oxygen atoms in total. The van der Waals surface area contributed by atoms with E-state index in [1.54, 1.807) is 19.3 Å². The summed E-state index contributed by atoms with van der Waals surface area (Å²) in [7, 11) is 1.61. The molecule has 0 saturated heterocycles. The molecule has 1 aromatic heterocycles. The Hall–Kier alpha value is -4.35. The van der Waals surface area contributed by atoms with Gasteiger partial charge in [-0.3, -0.25) is 9.78 Å². The Morgan fingerprint density at radius 3 is 2.56 bits per heavy atom. The van der Waals surface area contributed by atoms with E-state index in [2.05, 4.69) is 20.4 Å². The van der Waals surface area contributed by atoms with E-state index in [1.807, 2.05) is 6.07 Å². The lowest BCUT2D eigenvalue weighted by Crippen LogP contribution is -2.32. The van der Waals surface area contributed by atoms with Gasteiger partial charge in [0.25, 0.3) is 5.91 Å². The Morgan fingerprint density at radius 1 is 1.14 bits per heavy atom. The van der Waals surface area contributed by atoms with Crippen LogP contribution in [-0.2, 0) is 0 Å². The molecule has 0 saturated carbocycles. The van der Waals surface area contributed by atoms with E-state index < -0.39 is 23.9 Å². The molecule has 0 aliphatic carbocycles. The number of nitrogens with one attached hydrogen (secondary N) is 2. The van der Waals surface area contributed by atoms with Crippen molar-refractivity contribution in [3.05, 3.63) is 83.4 Å². The number of carboxylic acid groups (broad SMARTS) is 1. The molecule has 2 aromatic carbocycles. The van der Waals surface area contributed by atoms with Crippen LogP contribution in [0.1, 0.15) is 38.9 Å². The van der Waals surface area contributed by atoms with Crippen molar-refractivity contribution in [2.24, 2.45) is 0 Å². The number of alkyl halides is 3. The molecule has 1 aliphatic heterocycles. The Morgan fingerprint density at radius 2 is 1.89 bits per heavy atom. The summed E-state index contributed by atoms with van der Waals surface area (Å²) in [4.78, 5) is 28.0. The topological polar surface area (TPSA) is 110 Å². The van der Waals surface area contributed by atoms with E-state index in [0.29, 0.717) is 35.7 Å². The van der Waals surface area contributed by atoms with E-state index in [4.69, 9.17) is 9.84 Å². The van der Waals surface area contributed by atoms with Gasteiger partial charge in [-0.15, -0.1) is 13.2 Å². The van der Waals surface area contributed by atoms with Crippen LogP contribution in [0.3, 0.4) is 0 Å². The van der Waals surface area contributed by atoms with Crippen LogP contribution in [0.25, 0.3) is 0 Å². The summed E-state index contributed by atoms with van der Waals surface area (Å²) in [6.45, 7) is 0.503. The molecule has 1 unspecified atom stereocenters. The van der Waals surface area contributed by atoms with Gasteiger partial charge in [-0.25, -0.2) is 9.18 Å². The van der Waals surface area contributed by atoms with E-state index >= 15 is 0 Å². The van der Waals surface area contributed by atoms with E-state index in [0.717, 1.165) is 12.1 Å². The van der Waals surface area contributed by atoms with E-state index in [1.165, 1.54) is 30.3 Å². The zero-order chi connectivity index (χ0) is 26.3. The fraction of sp³-hybridized carbons (Fsp3) is 0.208. The summed E-state index contributed by atoms with van der Waals surface area (Å²) >= 11 is 0. The van der Waals surface area contributed by atoms with Crippen LogP contribution in [0.2, 0.25) is 0 Å². The van der Waals surface area contributed by atoms with Crippen molar-refractivity contribution in [3.63, 3.8) is 0 Å². The number of halogens is 4. The molecule has 4 rings (SSSR count). The number of ether oxygens (including phenoxy) is 2. The highest BCUT2D eigenvalue weighted by atomic mass is 19.4. The summed E-state index contributed by atoms with van der Waals surface area (Å²) in [5, 5.41) is 14.9. The monoisotopic (exact) mass is 507 g/mol. The van der Waals surface area contributed by atoms with Crippen molar-refractivity contribution >= 4 is 17.6 Å². The molecule has 190 valence electrons. The average Bonchev–Trinajstić information content (AvgIpc) is 2.85. The molecule has 1 aliphatic rings. The Labute approximate surface area is 202 Å². The number of aromatic nitrogens is 1. The number of carbonyl (C=O) groups is 2. The van der Waals surface area contributed by atoms with Crippen molar-refractivity contribution in [3.8, 4) is 11.5 Å². The smallest absolute Gasteiger partial charge is 0.491 e. The molecule has 1 atom stereocenters. The third-order valence-electron chi connectivity index (χ3n) is 4.94. The third-order valence-corrected chi connectivity index (χ3v) is 4.94. The highest BCUT2D eigenvalue weighted by Crippen LogP contribution is 2.30. The summed E-state index contributed by atoms with van der Waals surface area (Å²) in [6.07, 6.45) is -2.56. The number of anilines is 1. The van der Waals surface area contributed by atoms with Crippen LogP contribution in [0.15, 0.2) is 60.8 Å². The molecule has 0 spiro atoms. The number of hydrogen-bond acceptors (Lipinski definition) is 6. The number of fused-ring (bicyclic) bond motifs is 1. The van der Waals surface area contributed by atoms with Crippen LogP contribution >= 0.6 is 0 Å². The van der Waals surface area contributed by atoms with Gasteiger partial charge in [-0.1, -0.05) is 12.1 Å². The van der Waals surface area contributed by atoms with Gasteiger partial charge in [0.15, 0.2) is 11.6 Å². The molecule has 12 heteroatoms. The number of carbonyl (C=O) groups excluding carboxylic acids is 1. The number of nitrogens with zero attached hydrogens (tertiary/aromatic N) is 1. The van der Waals surface area contributed by atoms with Crippen molar-refractivity contribution in [2.45, 2.75) is 18.8 Å². The summed E-state index contributed by atoms with van der Waals surface area (Å²) in [5.41, 5.74) is 1.59. The lowest BCUT2D eigenvalue weighted by atomic mass is 10.0. The minimum atomic E-state index is -4.85. The van der Waals surface area contributed by atoms with Crippen molar-refractivity contribution in [1.82, 2.24) is 10.3 Å². The number of aromatic carboxylic acids is 1. The lowest BCUT2D eigenvalue weighted by Gasteiger charge is -2.25. The van der Waals surface area contributed by atoms with Gasteiger partial charge < -0.3 is 25.2 Å². The summed E-state index contributed by atoms with van der Waals surface area (Å²) < 4.78 is 56.0. The minimum absolute atomic E-state index is 0.118. The van der Waals surface area contributed by atoms with Gasteiger partial charge in [0.05, 0.1) is 18.2 Å². The first-order chi connectivity index (χ1) is 17.1. The Kier molecular flexibility index (Phi) is 8.30. The number of benzene rings is 2. The molecule has 0 bridgehead atoms. The first-order valence-electron chi connectivity index (χ1n) is 10.5. The van der Waals surface area contributed by atoms with Crippen LogP contribution in [-0.4, -0.2) is 42.0 Å². The SMILES string of the molecule is CNc1cc(C(=O)NC2CCOc3cccnc32)ccc1C(=O)O.Fc1ccccc1OC(F)(F)F. The summed E-state index contributed by atoms with van der Waals surface area (Å²) in [5.74, 6) is -2.51. The number of carboxylic acids is 1. The predicted molar refractivity (Wildman–Crippen MR) is 121 cm³/mol. The van der Waals surface area contributed by atoms with Crippen molar-refractivity contribution < 1.29 is 41.7 Å². The van der Waals surface area contributed by atoms with Crippen molar-refractivity contribution in [2.75, 3.05) is 19.0 Å². The number of amides is 1. The second kappa shape index (κ2) is 11.4. The van der Waals surface area contributed by atoms with Gasteiger partial charge in [0.1, 0.15) is 11.4 Å². The molecule has 3 N–H and O–H groups in total. The second-order valence-corrected chi connectivity index (χ2v) is 7.34. The predicted octanol–water partition coefficient (Wildman–Crippen LogP) is 4.80. The Bertz CT molecular complexity index is 1240. The van der Waals surface area contributed by atoms with Gasteiger partial charge in [-0.05, 0) is 42.5 Å². The second-order valence-electron chi connectivity index (χ2n) is 7.34. The van der Waals surface area contributed by atoms with Crippen LogP contribution in [0, 0.1) is 5.82 Å². The molecule has 36 heavy (non-hydrogen) atoms. The first-order valence-corrected chi connectivity index (χ1v) is 10.5. The van der Waals surface area contributed by atoms with Gasteiger partial charge in [0, 0.05) is 30.9 Å². The number of rotatable bonds is 5. The fourth-order valence-corrected chi connectivity index (χ4v) is 3.32. The number of para-hydroxylation sites is 1. The van der Waals surface area contributed by atoms with Crippen molar-refractivity contribution in [1.29, 1.82) is 0 Å². The normalized spacial score (nSPS) is 14.3. The highest BCUT2D eigenvalue weighted by molar-refractivity contribution is 6.00. The zero-order valence-electron chi connectivity index (χ0n) is 18.8. The van der Waals surface area contributed by atoms with E-state index in [9.17, 15) is 27.2 Å². The molecule has 0 fully saturated rings. The van der Waals surface area contributed by atoms with Gasteiger partial charge in [-0.2, -0.15) is 0 Å². The lowest BCUT2D eigenvalue weighted by molar-refractivity contribution is -0.275. The molecule has 2 heterocycles. The third kappa shape index (κ3) is 6.84. The highest BCUT2D eigenvalue weighted by Gasteiger charge is 2.32. The first kappa shape index (κ1) is 26.3. The number of hydrogen-bond donors (Lipinski definition) is 3. The van der Waals surface area contributed by atoms with Gasteiger partial charge >= 0.3 is 12.3 Å². The Balaban J connectivity index is 0.000000253. The van der Waals surface area contributed by atoms with Crippen LogP contribution in [0.4, 0.5) is 23.2 Å². The quantitative estimate of drug-likeness (QED) is 0.426. The maximum absolute atomic E-state index is 12.5. The molecule has 0 radical (unpaired) electrons. The van der Waals surface area contributed by atoms with Gasteiger partial charge in [0.2, 0.25) is 0 Å². The average molecular weight is 507 g/mol. The van der Waals surface area contributed by atoms with E-state index in [-0.39, 0.29) is 17.5 Å². The largest absolute Gasteiger partial charge is 0.573 e. The minimum Gasteiger partial charge on any atom is -0.491 e. The van der Waals surface area contributed by atoms with Crippen LogP contribution < -0.4 is 20.1 Å².